The van der Waals surface area contributed by atoms with Gasteiger partial charge in [0, 0.05) is 12.7 Å². The number of ether oxygens (including phenoxy) is 2. The lowest BCUT2D eigenvalue weighted by Gasteiger charge is -2.34. The van der Waals surface area contributed by atoms with Crippen molar-refractivity contribution in [3.63, 3.8) is 0 Å². The fraction of sp³-hybridized carbons (Fsp3) is 0.448. The van der Waals surface area contributed by atoms with Crippen LogP contribution in [-0.4, -0.2) is 35.4 Å². The Balaban J connectivity index is 1.47. The average Bonchev–Trinajstić information content (AvgIpc) is 3.25. The van der Waals surface area contributed by atoms with Gasteiger partial charge in [0.05, 0.1) is 6.61 Å². The molecule has 3 atom stereocenters. The zero-order valence-electron chi connectivity index (χ0n) is 21.0. The van der Waals surface area contributed by atoms with E-state index in [2.05, 4.69) is 24.3 Å². The molecule has 1 fully saturated rings. The minimum absolute atomic E-state index is 0.175. The quantitative estimate of drug-likeness (QED) is 0.370. The maximum Gasteiger partial charge on any atom is 0.335 e. The first-order valence-corrected chi connectivity index (χ1v) is 12.3. The van der Waals surface area contributed by atoms with E-state index in [1.54, 1.807) is 21.0 Å². The summed E-state index contributed by atoms with van der Waals surface area (Å²) in [6, 6.07) is 18.5. The number of nitrogens with zero attached hydrogens (tertiary/aromatic N) is 1. The van der Waals surface area contributed by atoms with Crippen LogP contribution < -0.4 is 0 Å². The molecule has 1 aliphatic carbocycles. The number of aliphatic carboxylic acids is 1. The maximum absolute atomic E-state index is 11.4. The first-order chi connectivity index (χ1) is 16.8. The van der Waals surface area contributed by atoms with Gasteiger partial charge in [0.1, 0.15) is 17.6 Å². The molecule has 0 spiro atoms. The summed E-state index contributed by atoms with van der Waals surface area (Å²) in [5, 5.41) is 9.33. The van der Waals surface area contributed by atoms with Crippen molar-refractivity contribution in [1.82, 2.24) is 4.98 Å². The largest absolute Gasteiger partial charge is 0.479 e. The molecule has 4 rings (SSSR count). The molecule has 6 heteroatoms. The van der Waals surface area contributed by atoms with Crippen LogP contribution >= 0.6 is 0 Å². The molecule has 0 amide bonds. The minimum Gasteiger partial charge on any atom is -0.479 e. The highest BCUT2D eigenvalue weighted by atomic mass is 16.5. The van der Waals surface area contributed by atoms with Crippen LogP contribution in [0.1, 0.15) is 57.1 Å². The van der Waals surface area contributed by atoms with Gasteiger partial charge in [-0.2, -0.15) is 0 Å². The fourth-order valence-corrected chi connectivity index (χ4v) is 4.91. The summed E-state index contributed by atoms with van der Waals surface area (Å²) in [5.41, 5.74) is 2.91. The van der Waals surface area contributed by atoms with Crippen molar-refractivity contribution in [3.8, 4) is 22.6 Å². The molecule has 1 N–H and O–H groups in total. The maximum atomic E-state index is 11.4. The third kappa shape index (κ3) is 5.82. The minimum atomic E-state index is -1.18. The van der Waals surface area contributed by atoms with E-state index in [1.807, 2.05) is 37.3 Å². The molecule has 6 nitrogen and oxygen atoms in total. The van der Waals surface area contributed by atoms with Crippen LogP contribution in [0.5, 0.6) is 0 Å². The van der Waals surface area contributed by atoms with Crippen LogP contribution in [0.4, 0.5) is 0 Å². The number of hydrogen-bond donors (Lipinski definition) is 1. The molecule has 0 saturated heterocycles. The highest BCUT2D eigenvalue weighted by Gasteiger charge is 2.35. The Morgan fingerprint density at radius 2 is 1.74 bits per heavy atom. The molecule has 186 valence electrons. The third-order valence-electron chi connectivity index (χ3n) is 7.04. The Morgan fingerprint density at radius 1 is 1.09 bits per heavy atom. The molecule has 0 aliphatic heterocycles. The number of carbonyl (C=O) groups is 1. The van der Waals surface area contributed by atoms with Gasteiger partial charge in [0.25, 0.3) is 0 Å². The fourth-order valence-electron chi connectivity index (χ4n) is 4.91. The van der Waals surface area contributed by atoms with Crippen LogP contribution in [0.2, 0.25) is 0 Å². The van der Waals surface area contributed by atoms with Gasteiger partial charge in [-0.05, 0) is 75.1 Å². The molecule has 1 heterocycles. The number of carboxylic acid groups (broad SMARTS) is 1. The van der Waals surface area contributed by atoms with Crippen molar-refractivity contribution in [2.45, 2.75) is 58.2 Å². The predicted octanol–water partition coefficient (Wildman–Crippen LogP) is 6.69. The Morgan fingerprint density at radius 3 is 2.40 bits per heavy atom. The molecular weight excluding hydrogens is 442 g/mol. The van der Waals surface area contributed by atoms with Gasteiger partial charge in [-0.3, -0.25) is 0 Å². The number of oxazole rings is 1. The van der Waals surface area contributed by atoms with E-state index in [0.29, 0.717) is 18.4 Å². The molecular formula is C29H35NO5. The topological polar surface area (TPSA) is 81.8 Å². The van der Waals surface area contributed by atoms with Crippen molar-refractivity contribution in [1.29, 1.82) is 0 Å². The van der Waals surface area contributed by atoms with E-state index in [-0.39, 0.29) is 12.0 Å². The van der Waals surface area contributed by atoms with Crippen molar-refractivity contribution >= 4 is 5.97 Å². The van der Waals surface area contributed by atoms with Crippen molar-refractivity contribution in [2.75, 3.05) is 13.7 Å². The van der Waals surface area contributed by atoms with E-state index in [0.717, 1.165) is 48.3 Å². The smallest absolute Gasteiger partial charge is 0.335 e. The highest BCUT2D eigenvalue weighted by Crippen LogP contribution is 2.41. The van der Waals surface area contributed by atoms with Crippen LogP contribution in [-0.2, 0) is 14.3 Å². The van der Waals surface area contributed by atoms with Gasteiger partial charge < -0.3 is 19.0 Å². The summed E-state index contributed by atoms with van der Waals surface area (Å²) in [4.78, 5) is 16.2. The number of methoxy groups -OCH3 is 1. The predicted molar refractivity (Wildman–Crippen MR) is 135 cm³/mol. The number of rotatable bonds is 9. The van der Waals surface area contributed by atoms with Gasteiger partial charge in [-0.25, -0.2) is 9.78 Å². The monoisotopic (exact) mass is 477 g/mol. The van der Waals surface area contributed by atoms with E-state index < -0.39 is 11.6 Å². The molecule has 2 aromatic carbocycles. The molecule has 35 heavy (non-hydrogen) atoms. The first kappa shape index (κ1) is 25.1. The number of carboxylic acids is 1. The number of aryl methyl sites for hydroxylation is 1. The Hall–Kier alpha value is -2.96. The second kappa shape index (κ2) is 10.8. The van der Waals surface area contributed by atoms with Crippen molar-refractivity contribution in [2.24, 2.45) is 11.8 Å². The number of aromatic nitrogens is 1. The first-order valence-electron chi connectivity index (χ1n) is 12.3. The van der Waals surface area contributed by atoms with Crippen LogP contribution in [0.15, 0.2) is 59.0 Å². The zero-order valence-corrected chi connectivity index (χ0v) is 21.0. The Bertz CT molecular complexity index is 1120. The highest BCUT2D eigenvalue weighted by molar-refractivity contribution is 5.76. The molecule has 1 unspecified atom stereocenters. The van der Waals surface area contributed by atoms with Gasteiger partial charge in [0.15, 0.2) is 5.60 Å². The van der Waals surface area contributed by atoms with E-state index >= 15 is 0 Å². The number of benzene rings is 2. The van der Waals surface area contributed by atoms with Crippen molar-refractivity contribution < 1.29 is 23.8 Å². The SMILES string of the molecule is COC(c1nc(-c2ccc(-c3ccccc3)cc2)oc1C)[C@H]1CCC[C@@H](COC(C)(C)C(=O)O)C1. The van der Waals surface area contributed by atoms with Gasteiger partial charge in [0.2, 0.25) is 5.89 Å². The lowest BCUT2D eigenvalue weighted by molar-refractivity contribution is -0.163. The molecule has 0 radical (unpaired) electrons. The van der Waals surface area contributed by atoms with Gasteiger partial charge in [-0.15, -0.1) is 0 Å². The van der Waals surface area contributed by atoms with E-state index in [1.165, 1.54) is 5.56 Å². The molecule has 1 aromatic heterocycles. The number of hydrogen-bond acceptors (Lipinski definition) is 5. The normalized spacial score (nSPS) is 19.4. The lowest BCUT2D eigenvalue weighted by Crippen LogP contribution is -2.37. The zero-order chi connectivity index (χ0) is 25.0. The summed E-state index contributed by atoms with van der Waals surface area (Å²) in [5.74, 6) is 0.985. The molecule has 3 aromatic rings. The Kier molecular flexibility index (Phi) is 7.72. The van der Waals surface area contributed by atoms with Gasteiger partial charge >= 0.3 is 5.97 Å². The summed E-state index contributed by atoms with van der Waals surface area (Å²) < 4.78 is 17.8. The summed E-state index contributed by atoms with van der Waals surface area (Å²) >= 11 is 0. The van der Waals surface area contributed by atoms with E-state index in [4.69, 9.17) is 18.9 Å². The molecule has 0 bridgehead atoms. The third-order valence-corrected chi connectivity index (χ3v) is 7.04. The van der Waals surface area contributed by atoms with E-state index in [9.17, 15) is 9.90 Å². The van der Waals surface area contributed by atoms with Gasteiger partial charge in [-0.1, -0.05) is 48.9 Å². The Labute approximate surface area is 207 Å². The molecule has 1 aliphatic rings. The second-order valence-corrected chi connectivity index (χ2v) is 9.98. The second-order valence-electron chi connectivity index (χ2n) is 9.98. The van der Waals surface area contributed by atoms with Crippen LogP contribution in [0.25, 0.3) is 22.6 Å². The summed E-state index contributed by atoms with van der Waals surface area (Å²) in [6.45, 7) is 5.57. The lowest BCUT2D eigenvalue weighted by atomic mass is 9.78. The van der Waals surface area contributed by atoms with Crippen LogP contribution in [0, 0.1) is 18.8 Å². The molecule has 1 saturated carbocycles. The summed E-state index contributed by atoms with van der Waals surface area (Å²) in [6.07, 6.45) is 3.84. The van der Waals surface area contributed by atoms with Crippen molar-refractivity contribution in [3.05, 3.63) is 66.1 Å². The average molecular weight is 478 g/mol. The standard InChI is InChI=1S/C29H35NO5/c1-19-25(26(33-4)24-12-8-9-20(17-24)18-34-29(2,3)28(31)32)30-27(35-19)23-15-13-22(14-16-23)21-10-6-5-7-11-21/h5-7,10-11,13-16,20,24,26H,8-9,12,17-18H2,1-4H3,(H,31,32)/t20-,24+,26?/m1/s1. The van der Waals surface area contributed by atoms with Crippen LogP contribution in [0.3, 0.4) is 0 Å². The summed E-state index contributed by atoms with van der Waals surface area (Å²) in [7, 11) is 1.72.